The number of nitrogens with zero attached hydrogens (tertiary/aromatic N) is 1. The van der Waals surface area contributed by atoms with Crippen LogP contribution in [-0.4, -0.2) is 29.8 Å². The Morgan fingerprint density at radius 1 is 1.37 bits per heavy atom. The van der Waals surface area contributed by atoms with E-state index in [1.807, 2.05) is 12.1 Å². The highest BCUT2D eigenvalue weighted by atomic mass is 16.5. The van der Waals surface area contributed by atoms with Crippen LogP contribution in [0.3, 0.4) is 0 Å². The Balaban J connectivity index is 1.24. The SMILES string of the molecule is CC1(C)Cc2cccc(OCC#CCNC(=O)c3cc(C4CC4)on3)c2O1. The number of aromatic nitrogens is 1. The third-order valence-electron chi connectivity index (χ3n) is 4.56. The molecule has 0 bridgehead atoms. The lowest BCUT2D eigenvalue weighted by Crippen LogP contribution is -2.24. The van der Waals surface area contributed by atoms with Gasteiger partial charge in [0.15, 0.2) is 17.2 Å². The van der Waals surface area contributed by atoms with E-state index < -0.39 is 0 Å². The first-order chi connectivity index (χ1) is 13.0. The highest BCUT2D eigenvalue weighted by Crippen LogP contribution is 2.41. The van der Waals surface area contributed by atoms with Gasteiger partial charge in [-0.1, -0.05) is 29.1 Å². The summed E-state index contributed by atoms with van der Waals surface area (Å²) in [4.78, 5) is 12.0. The Kier molecular flexibility index (Phi) is 4.53. The zero-order valence-electron chi connectivity index (χ0n) is 15.5. The summed E-state index contributed by atoms with van der Waals surface area (Å²) in [6.07, 6.45) is 3.07. The number of rotatable bonds is 5. The van der Waals surface area contributed by atoms with Gasteiger partial charge in [-0.3, -0.25) is 4.79 Å². The summed E-state index contributed by atoms with van der Waals surface area (Å²) in [6, 6.07) is 7.60. The van der Waals surface area contributed by atoms with Gasteiger partial charge in [0.25, 0.3) is 5.91 Å². The largest absolute Gasteiger partial charge is 0.483 e. The number of nitrogens with one attached hydrogen (secondary N) is 1. The fourth-order valence-electron chi connectivity index (χ4n) is 3.10. The summed E-state index contributed by atoms with van der Waals surface area (Å²) in [5, 5.41) is 6.51. The van der Waals surface area contributed by atoms with Gasteiger partial charge in [-0.05, 0) is 32.8 Å². The summed E-state index contributed by atoms with van der Waals surface area (Å²) in [5.74, 6) is 8.22. The van der Waals surface area contributed by atoms with Gasteiger partial charge in [-0.25, -0.2) is 0 Å². The fraction of sp³-hybridized carbons (Fsp3) is 0.429. The second-order valence-corrected chi connectivity index (χ2v) is 7.50. The number of ether oxygens (including phenoxy) is 2. The minimum atomic E-state index is -0.280. The van der Waals surface area contributed by atoms with Gasteiger partial charge in [0.2, 0.25) is 0 Å². The number of hydrogen-bond donors (Lipinski definition) is 1. The van der Waals surface area contributed by atoms with Crippen molar-refractivity contribution in [3.05, 3.63) is 41.3 Å². The highest BCUT2D eigenvalue weighted by molar-refractivity contribution is 5.92. The number of amides is 1. The van der Waals surface area contributed by atoms with Crippen LogP contribution in [0.15, 0.2) is 28.8 Å². The van der Waals surface area contributed by atoms with Crippen LogP contribution in [0.1, 0.15) is 54.4 Å². The molecule has 1 aromatic carbocycles. The van der Waals surface area contributed by atoms with Crippen molar-refractivity contribution in [3.63, 3.8) is 0 Å². The smallest absolute Gasteiger partial charge is 0.274 e. The first-order valence-corrected chi connectivity index (χ1v) is 9.16. The zero-order chi connectivity index (χ0) is 18.9. The molecule has 2 aromatic rings. The Morgan fingerprint density at radius 3 is 3.04 bits per heavy atom. The van der Waals surface area contributed by atoms with Gasteiger partial charge >= 0.3 is 0 Å². The molecule has 6 heteroatoms. The third kappa shape index (κ3) is 4.08. The van der Waals surface area contributed by atoms with Crippen LogP contribution in [-0.2, 0) is 6.42 Å². The molecule has 1 saturated carbocycles. The van der Waals surface area contributed by atoms with Crippen molar-refractivity contribution in [3.8, 4) is 23.3 Å². The monoisotopic (exact) mass is 366 g/mol. The van der Waals surface area contributed by atoms with E-state index in [-0.39, 0.29) is 24.7 Å². The standard InChI is InChI=1S/C21H22N2O4/c1-21(2)13-15-6-5-7-17(19(15)26-21)25-11-4-3-10-22-20(24)16-12-18(27-23-16)14-8-9-14/h5-7,12,14H,8-11,13H2,1-2H3,(H,22,24). The topological polar surface area (TPSA) is 73.6 Å². The molecule has 0 unspecified atom stereocenters. The molecule has 1 fully saturated rings. The van der Waals surface area contributed by atoms with E-state index in [2.05, 4.69) is 42.2 Å². The maximum Gasteiger partial charge on any atom is 0.274 e. The van der Waals surface area contributed by atoms with E-state index in [9.17, 15) is 4.79 Å². The average Bonchev–Trinajstić information content (AvgIpc) is 3.26. The molecular formula is C21H22N2O4. The lowest BCUT2D eigenvalue weighted by Gasteiger charge is -2.17. The number of carbonyl (C=O) groups is 1. The van der Waals surface area contributed by atoms with Crippen LogP contribution in [0.25, 0.3) is 0 Å². The molecule has 4 rings (SSSR count). The molecule has 1 N–H and O–H groups in total. The summed E-state index contributed by atoms with van der Waals surface area (Å²) >= 11 is 0. The highest BCUT2D eigenvalue weighted by Gasteiger charge is 2.32. The Bertz CT molecular complexity index is 916. The summed E-state index contributed by atoms with van der Waals surface area (Å²) in [6.45, 7) is 4.57. The van der Waals surface area contributed by atoms with Crippen molar-refractivity contribution in [1.29, 1.82) is 0 Å². The molecular weight excluding hydrogens is 344 g/mol. The number of hydrogen-bond acceptors (Lipinski definition) is 5. The van der Waals surface area contributed by atoms with E-state index >= 15 is 0 Å². The van der Waals surface area contributed by atoms with Gasteiger partial charge in [0.05, 0.1) is 6.54 Å². The first-order valence-electron chi connectivity index (χ1n) is 9.16. The van der Waals surface area contributed by atoms with Crippen LogP contribution in [0.2, 0.25) is 0 Å². The molecule has 6 nitrogen and oxygen atoms in total. The minimum Gasteiger partial charge on any atom is -0.483 e. The Labute approximate surface area is 158 Å². The fourth-order valence-corrected chi connectivity index (χ4v) is 3.10. The van der Waals surface area contributed by atoms with Crippen molar-refractivity contribution in [1.82, 2.24) is 10.5 Å². The molecule has 2 heterocycles. The molecule has 1 aliphatic carbocycles. The lowest BCUT2D eigenvalue weighted by molar-refractivity contribution is 0.0949. The molecule has 0 radical (unpaired) electrons. The molecule has 1 amide bonds. The van der Waals surface area contributed by atoms with Gasteiger partial charge in [0.1, 0.15) is 18.0 Å². The van der Waals surface area contributed by atoms with Crippen molar-refractivity contribution in [2.24, 2.45) is 0 Å². The molecule has 27 heavy (non-hydrogen) atoms. The second-order valence-electron chi connectivity index (χ2n) is 7.50. The Morgan fingerprint density at radius 2 is 2.22 bits per heavy atom. The molecule has 1 aromatic heterocycles. The quantitative estimate of drug-likeness (QED) is 0.823. The van der Waals surface area contributed by atoms with Gasteiger partial charge < -0.3 is 19.3 Å². The second kappa shape index (κ2) is 6.99. The number of benzene rings is 1. The van der Waals surface area contributed by atoms with Crippen LogP contribution in [0, 0.1) is 11.8 Å². The number of fused-ring (bicyclic) bond motifs is 1. The minimum absolute atomic E-state index is 0.210. The van der Waals surface area contributed by atoms with E-state index in [1.165, 1.54) is 0 Å². The molecule has 1 aliphatic heterocycles. The van der Waals surface area contributed by atoms with Gasteiger partial charge in [-0.15, -0.1) is 0 Å². The van der Waals surface area contributed by atoms with Crippen LogP contribution in [0.5, 0.6) is 11.5 Å². The van der Waals surface area contributed by atoms with E-state index in [0.717, 1.165) is 36.3 Å². The van der Waals surface area contributed by atoms with E-state index in [1.54, 1.807) is 6.07 Å². The third-order valence-corrected chi connectivity index (χ3v) is 4.56. The molecule has 140 valence electrons. The maximum atomic E-state index is 12.0. The molecule has 0 spiro atoms. The Hall–Kier alpha value is -2.94. The summed E-state index contributed by atoms with van der Waals surface area (Å²) in [5.41, 5.74) is 1.24. The normalized spacial score (nSPS) is 16.7. The van der Waals surface area contributed by atoms with Crippen molar-refractivity contribution >= 4 is 5.91 Å². The van der Waals surface area contributed by atoms with Crippen molar-refractivity contribution in [2.45, 2.75) is 44.6 Å². The summed E-state index contributed by atoms with van der Waals surface area (Å²) in [7, 11) is 0. The van der Waals surface area contributed by atoms with Crippen LogP contribution >= 0.6 is 0 Å². The first kappa shape index (κ1) is 17.5. The van der Waals surface area contributed by atoms with E-state index in [4.69, 9.17) is 14.0 Å². The predicted octanol–water partition coefficient (Wildman–Crippen LogP) is 3.08. The summed E-state index contributed by atoms with van der Waals surface area (Å²) < 4.78 is 16.9. The number of para-hydroxylation sites is 1. The maximum absolute atomic E-state index is 12.0. The van der Waals surface area contributed by atoms with E-state index in [0.29, 0.717) is 17.4 Å². The van der Waals surface area contributed by atoms with Gasteiger partial charge in [0, 0.05) is 24.0 Å². The zero-order valence-corrected chi connectivity index (χ0v) is 15.5. The van der Waals surface area contributed by atoms with Crippen molar-refractivity contribution < 1.29 is 18.8 Å². The molecule has 2 aliphatic rings. The number of carbonyl (C=O) groups excluding carboxylic acids is 1. The molecule has 0 saturated heterocycles. The van der Waals surface area contributed by atoms with Crippen molar-refractivity contribution in [2.75, 3.05) is 13.2 Å². The molecule has 0 atom stereocenters. The lowest BCUT2D eigenvalue weighted by atomic mass is 10.0. The van der Waals surface area contributed by atoms with Gasteiger partial charge in [-0.2, -0.15) is 0 Å². The average molecular weight is 366 g/mol. The van der Waals surface area contributed by atoms with Crippen LogP contribution < -0.4 is 14.8 Å². The van der Waals surface area contributed by atoms with Crippen LogP contribution in [0.4, 0.5) is 0 Å². The predicted molar refractivity (Wildman–Crippen MR) is 98.9 cm³/mol.